The van der Waals surface area contributed by atoms with Crippen molar-refractivity contribution < 1.29 is 9.15 Å². The molecule has 4 nitrogen and oxygen atoms in total. The molecule has 0 spiro atoms. The molecule has 108 valence electrons. The van der Waals surface area contributed by atoms with Crippen LogP contribution in [0.2, 0.25) is 0 Å². The molecular weight excluding hydrogens is 266 g/mol. The van der Waals surface area contributed by atoms with Crippen LogP contribution in [-0.4, -0.2) is 11.2 Å². The van der Waals surface area contributed by atoms with Crippen LogP contribution in [0.5, 0.6) is 5.75 Å². The van der Waals surface area contributed by atoms with Crippen molar-refractivity contribution in [3.63, 3.8) is 0 Å². The van der Waals surface area contributed by atoms with E-state index in [-0.39, 0.29) is 5.43 Å². The minimum absolute atomic E-state index is 0.0702. The van der Waals surface area contributed by atoms with Crippen LogP contribution in [0.3, 0.4) is 0 Å². The maximum absolute atomic E-state index is 11.9. The molecule has 0 bridgehead atoms. The number of aryl methyl sites for hydroxylation is 1. The average Bonchev–Trinajstić information content (AvgIpc) is 3.00. The number of hydrogen-bond acceptors (Lipinski definition) is 3. The minimum atomic E-state index is -0.0702. The van der Waals surface area contributed by atoms with Crippen LogP contribution >= 0.6 is 0 Å². The summed E-state index contributed by atoms with van der Waals surface area (Å²) in [7, 11) is 0. The predicted octanol–water partition coefficient (Wildman–Crippen LogP) is 3.45. The zero-order valence-corrected chi connectivity index (χ0v) is 11.7. The van der Waals surface area contributed by atoms with Gasteiger partial charge in [-0.3, -0.25) is 4.79 Å². The first-order chi connectivity index (χ1) is 10.3. The third-order valence-corrected chi connectivity index (χ3v) is 3.38. The van der Waals surface area contributed by atoms with Crippen LogP contribution < -0.4 is 10.2 Å². The number of unbranched alkanes of at least 4 members (excludes halogenated alkanes) is 1. The Morgan fingerprint density at radius 2 is 1.90 bits per heavy atom. The Hall–Kier alpha value is -2.49. The molecule has 0 aliphatic rings. The average molecular weight is 283 g/mol. The lowest BCUT2D eigenvalue weighted by Gasteiger charge is -2.08. The summed E-state index contributed by atoms with van der Waals surface area (Å²) >= 11 is 0. The third kappa shape index (κ3) is 3.16. The number of benzene rings is 1. The Balaban J connectivity index is 1.59. The summed E-state index contributed by atoms with van der Waals surface area (Å²) in [4.78, 5) is 11.9. The summed E-state index contributed by atoms with van der Waals surface area (Å²) in [5, 5.41) is 0.519. The Morgan fingerprint density at radius 3 is 2.76 bits per heavy atom. The second-order valence-electron chi connectivity index (χ2n) is 4.89. The van der Waals surface area contributed by atoms with Crippen LogP contribution in [-0.2, 0) is 6.54 Å². The van der Waals surface area contributed by atoms with E-state index in [4.69, 9.17) is 9.15 Å². The largest absolute Gasteiger partial charge is 0.493 e. The molecule has 0 radical (unpaired) electrons. The smallest absolute Gasteiger partial charge is 0.196 e. The summed E-state index contributed by atoms with van der Waals surface area (Å²) in [6.45, 7) is 1.57. The first-order valence-corrected chi connectivity index (χ1v) is 7.09. The van der Waals surface area contributed by atoms with E-state index in [0.29, 0.717) is 23.3 Å². The maximum Gasteiger partial charge on any atom is 0.196 e. The fourth-order valence-electron chi connectivity index (χ4n) is 2.32. The molecule has 2 aromatic heterocycles. The van der Waals surface area contributed by atoms with Crippen molar-refractivity contribution in [1.29, 1.82) is 0 Å². The zero-order valence-electron chi connectivity index (χ0n) is 11.7. The molecule has 0 unspecified atom stereocenters. The van der Waals surface area contributed by atoms with Gasteiger partial charge in [0.1, 0.15) is 16.7 Å². The highest BCUT2D eigenvalue weighted by Gasteiger charge is 2.06. The molecular formula is C17H17NO3. The summed E-state index contributed by atoms with van der Waals surface area (Å²) in [6, 6.07) is 10.9. The molecule has 3 aromatic rings. The van der Waals surface area contributed by atoms with Crippen molar-refractivity contribution >= 4 is 11.0 Å². The lowest BCUT2D eigenvalue weighted by atomic mass is 10.2. The highest BCUT2D eigenvalue weighted by Crippen LogP contribution is 2.22. The van der Waals surface area contributed by atoms with E-state index >= 15 is 0 Å². The van der Waals surface area contributed by atoms with E-state index in [1.54, 1.807) is 6.07 Å². The number of ether oxygens (including phenoxy) is 1. The van der Waals surface area contributed by atoms with E-state index in [2.05, 4.69) is 17.0 Å². The molecule has 0 saturated carbocycles. The fourth-order valence-corrected chi connectivity index (χ4v) is 2.32. The lowest BCUT2D eigenvalue weighted by Crippen LogP contribution is -2.05. The van der Waals surface area contributed by atoms with Gasteiger partial charge in [-0.15, -0.1) is 0 Å². The summed E-state index contributed by atoms with van der Waals surface area (Å²) < 4.78 is 13.2. The Labute approximate surface area is 122 Å². The van der Waals surface area contributed by atoms with Gasteiger partial charge in [0.2, 0.25) is 0 Å². The molecule has 0 aliphatic heterocycles. The van der Waals surface area contributed by atoms with E-state index in [1.807, 2.05) is 24.3 Å². The summed E-state index contributed by atoms with van der Waals surface area (Å²) in [6.07, 6.45) is 7.49. The third-order valence-electron chi connectivity index (χ3n) is 3.38. The highest BCUT2D eigenvalue weighted by molar-refractivity contribution is 5.82. The maximum atomic E-state index is 11.9. The van der Waals surface area contributed by atoms with Crippen LogP contribution in [0.1, 0.15) is 12.8 Å². The lowest BCUT2D eigenvalue weighted by molar-refractivity contribution is 0.306. The van der Waals surface area contributed by atoms with E-state index < -0.39 is 0 Å². The number of aromatic nitrogens is 1. The van der Waals surface area contributed by atoms with Gasteiger partial charge in [0.25, 0.3) is 0 Å². The number of hydrogen-bond donors (Lipinski definition) is 0. The van der Waals surface area contributed by atoms with Gasteiger partial charge in [-0.1, -0.05) is 6.07 Å². The van der Waals surface area contributed by atoms with Gasteiger partial charge in [0.05, 0.1) is 12.9 Å². The van der Waals surface area contributed by atoms with Crippen molar-refractivity contribution in [2.45, 2.75) is 19.4 Å². The van der Waals surface area contributed by atoms with Crippen LogP contribution in [0.4, 0.5) is 0 Å². The molecule has 0 fully saturated rings. The quantitative estimate of drug-likeness (QED) is 0.651. The number of rotatable bonds is 6. The molecule has 1 aromatic carbocycles. The van der Waals surface area contributed by atoms with Crippen LogP contribution in [0, 0.1) is 0 Å². The van der Waals surface area contributed by atoms with Crippen molar-refractivity contribution in [2.75, 3.05) is 6.61 Å². The molecule has 0 amide bonds. The van der Waals surface area contributed by atoms with E-state index in [9.17, 15) is 4.79 Å². The molecule has 0 aliphatic carbocycles. The highest BCUT2D eigenvalue weighted by atomic mass is 16.5. The van der Waals surface area contributed by atoms with Gasteiger partial charge < -0.3 is 13.7 Å². The van der Waals surface area contributed by atoms with Gasteiger partial charge in [-0.05, 0) is 37.1 Å². The summed E-state index contributed by atoms with van der Waals surface area (Å²) in [5.41, 5.74) is 0.492. The topological polar surface area (TPSA) is 44.4 Å². The monoisotopic (exact) mass is 283 g/mol. The Morgan fingerprint density at radius 1 is 1.05 bits per heavy atom. The van der Waals surface area contributed by atoms with Gasteiger partial charge in [-0.2, -0.15) is 0 Å². The molecule has 3 rings (SSSR count). The molecule has 0 saturated heterocycles. The fraction of sp³-hybridized carbons (Fsp3) is 0.235. The number of nitrogens with zero attached hydrogens (tertiary/aromatic N) is 1. The van der Waals surface area contributed by atoms with E-state index in [0.717, 1.165) is 19.4 Å². The summed E-state index contributed by atoms with van der Waals surface area (Å²) in [5.74, 6) is 0.600. The van der Waals surface area contributed by atoms with Gasteiger partial charge in [0.15, 0.2) is 5.43 Å². The van der Waals surface area contributed by atoms with Crippen molar-refractivity contribution in [2.24, 2.45) is 0 Å². The minimum Gasteiger partial charge on any atom is -0.493 e. The van der Waals surface area contributed by atoms with Crippen molar-refractivity contribution in [3.8, 4) is 5.75 Å². The molecule has 0 N–H and O–H groups in total. The molecule has 0 atom stereocenters. The van der Waals surface area contributed by atoms with Crippen molar-refractivity contribution in [3.05, 3.63) is 65.3 Å². The van der Waals surface area contributed by atoms with Crippen LogP contribution in [0.15, 0.2) is 64.3 Å². The first kappa shape index (κ1) is 13.5. The second-order valence-corrected chi connectivity index (χ2v) is 4.89. The van der Waals surface area contributed by atoms with Gasteiger partial charge >= 0.3 is 0 Å². The van der Waals surface area contributed by atoms with Crippen LogP contribution in [0.25, 0.3) is 11.0 Å². The second kappa shape index (κ2) is 6.31. The van der Waals surface area contributed by atoms with Gasteiger partial charge in [0, 0.05) is 25.0 Å². The Bertz CT molecular complexity index is 754. The van der Waals surface area contributed by atoms with Gasteiger partial charge in [-0.25, -0.2) is 0 Å². The normalized spacial score (nSPS) is 10.9. The van der Waals surface area contributed by atoms with Crippen molar-refractivity contribution in [1.82, 2.24) is 4.57 Å². The number of fused-ring (bicyclic) bond motifs is 1. The van der Waals surface area contributed by atoms with E-state index in [1.165, 1.54) is 12.3 Å². The zero-order chi connectivity index (χ0) is 14.5. The first-order valence-electron chi connectivity index (χ1n) is 7.09. The Kier molecular flexibility index (Phi) is 4.05. The SMILES string of the molecule is O=c1ccoc2cccc(OCCCCn3cccc3)c12. The predicted molar refractivity (Wildman–Crippen MR) is 81.6 cm³/mol. The standard InChI is InChI=1S/C17H17NO3/c19-14-8-13-21-16-7-5-6-15(17(14)16)20-12-4-3-11-18-9-1-2-10-18/h1-2,5-10,13H,3-4,11-12H2. The molecule has 21 heavy (non-hydrogen) atoms. The molecule has 4 heteroatoms. The molecule has 2 heterocycles.